The number of aromatic hydroxyl groups is 1. The summed E-state index contributed by atoms with van der Waals surface area (Å²) >= 11 is 0. The lowest BCUT2D eigenvalue weighted by molar-refractivity contribution is -0.0697. The van der Waals surface area contributed by atoms with Gasteiger partial charge in [0, 0.05) is 25.4 Å². The van der Waals surface area contributed by atoms with Gasteiger partial charge < -0.3 is 42.2 Å². The molecule has 0 aromatic heterocycles. The summed E-state index contributed by atoms with van der Waals surface area (Å²) in [7, 11) is 1.70. The van der Waals surface area contributed by atoms with Gasteiger partial charge >= 0.3 is 0 Å². The molecular formula is C43H68N6O4. The number of allylic oxidation sites excluding steroid dienone is 1. The first kappa shape index (κ1) is 38.5. The van der Waals surface area contributed by atoms with E-state index in [1.807, 2.05) is 12.1 Å². The van der Waals surface area contributed by atoms with E-state index in [0.29, 0.717) is 67.0 Å². The number of guanidine groups is 2. The van der Waals surface area contributed by atoms with Gasteiger partial charge in [-0.2, -0.15) is 0 Å². The number of nitrogens with two attached hydrogens (primary N) is 2. The molecule has 0 bridgehead atoms. The molecule has 0 radical (unpaired) electrons. The first-order chi connectivity index (χ1) is 25.2. The van der Waals surface area contributed by atoms with E-state index in [9.17, 15) is 15.3 Å². The van der Waals surface area contributed by atoms with E-state index >= 15 is 0 Å². The van der Waals surface area contributed by atoms with Crippen LogP contribution in [0.15, 0.2) is 46.4 Å². The fourth-order valence-electron chi connectivity index (χ4n) is 12.4. The molecule has 7 rings (SSSR count). The molecule has 6 fully saturated rings. The van der Waals surface area contributed by atoms with Crippen molar-refractivity contribution in [3.8, 4) is 5.75 Å². The van der Waals surface area contributed by atoms with Crippen LogP contribution in [0, 0.1) is 40.4 Å². The van der Waals surface area contributed by atoms with Gasteiger partial charge in [-0.3, -0.25) is 9.98 Å². The fourth-order valence-corrected chi connectivity index (χ4v) is 12.4. The van der Waals surface area contributed by atoms with Crippen LogP contribution >= 0.6 is 0 Å². The fraction of sp³-hybridized carbons (Fsp3) is 0.767. The maximum Gasteiger partial charge on any atom is 0.190 e. The number of epoxide rings is 1. The van der Waals surface area contributed by atoms with Gasteiger partial charge in [0.25, 0.3) is 0 Å². The van der Waals surface area contributed by atoms with Crippen LogP contribution in [0.25, 0.3) is 0 Å². The van der Waals surface area contributed by atoms with Crippen LogP contribution in [0.1, 0.15) is 122 Å². The number of nitrogens with zero attached hydrogens (tertiary/aromatic N) is 2. The van der Waals surface area contributed by atoms with Crippen molar-refractivity contribution < 1.29 is 20.1 Å². The number of benzene rings is 1. The number of hydrogen-bond donors (Lipinski definition) is 7. The average molecular weight is 733 g/mol. The smallest absolute Gasteiger partial charge is 0.190 e. The van der Waals surface area contributed by atoms with E-state index in [1.165, 1.54) is 44.1 Å². The van der Waals surface area contributed by atoms with Crippen LogP contribution in [-0.4, -0.2) is 70.4 Å². The highest BCUT2D eigenvalue weighted by molar-refractivity contribution is 5.81. The van der Waals surface area contributed by atoms with Crippen molar-refractivity contribution in [2.24, 2.45) is 61.9 Å². The van der Waals surface area contributed by atoms with Crippen molar-refractivity contribution in [3.05, 3.63) is 42.0 Å². The Kier molecular flexibility index (Phi) is 10.9. The molecule has 1 aromatic rings. The quantitative estimate of drug-likeness (QED) is 0.0513. The molecule has 9 N–H and O–H groups in total. The summed E-state index contributed by atoms with van der Waals surface area (Å²) < 4.78 is 6.74. The van der Waals surface area contributed by atoms with Crippen LogP contribution in [0.4, 0.5) is 0 Å². The Morgan fingerprint density at radius 3 is 2.62 bits per heavy atom. The molecule has 10 nitrogen and oxygen atoms in total. The van der Waals surface area contributed by atoms with E-state index in [4.69, 9.17) is 22.8 Å². The minimum atomic E-state index is -0.694. The number of aliphatic hydroxyl groups is 2. The Morgan fingerprint density at radius 1 is 1.04 bits per heavy atom. The maximum absolute atomic E-state index is 11.3. The third-order valence-electron chi connectivity index (χ3n) is 15.4. The zero-order valence-corrected chi connectivity index (χ0v) is 32.7. The van der Waals surface area contributed by atoms with Gasteiger partial charge in [0.1, 0.15) is 11.9 Å². The summed E-state index contributed by atoms with van der Waals surface area (Å²) in [6.45, 7) is 10.3. The highest BCUT2D eigenvalue weighted by atomic mass is 16.6. The molecule has 1 spiro atoms. The van der Waals surface area contributed by atoms with Gasteiger partial charge in [-0.1, -0.05) is 31.2 Å². The largest absolute Gasteiger partial charge is 0.508 e. The van der Waals surface area contributed by atoms with Crippen molar-refractivity contribution in [2.75, 3.05) is 13.6 Å². The number of rotatable bonds is 10. The minimum Gasteiger partial charge on any atom is -0.508 e. The molecule has 1 saturated heterocycles. The van der Waals surface area contributed by atoms with Crippen LogP contribution in [0.2, 0.25) is 0 Å². The Balaban J connectivity index is 0.976. The second-order valence-corrected chi connectivity index (χ2v) is 18.9. The average Bonchev–Trinajstić information content (AvgIpc) is 3.41. The molecule has 53 heavy (non-hydrogen) atoms. The zero-order chi connectivity index (χ0) is 37.6. The van der Waals surface area contributed by atoms with E-state index in [-0.39, 0.29) is 34.5 Å². The van der Waals surface area contributed by atoms with Crippen molar-refractivity contribution in [1.82, 2.24) is 10.6 Å². The summed E-state index contributed by atoms with van der Waals surface area (Å²) in [4.78, 5) is 8.80. The van der Waals surface area contributed by atoms with Crippen molar-refractivity contribution in [2.45, 2.75) is 153 Å². The van der Waals surface area contributed by atoms with Crippen molar-refractivity contribution in [1.29, 1.82) is 0 Å². The third-order valence-corrected chi connectivity index (χ3v) is 15.4. The molecule has 1 aromatic carbocycles. The second kappa shape index (κ2) is 15.0. The topological polar surface area (TPSA) is 174 Å². The molecule has 10 heteroatoms. The normalized spacial score (nSPS) is 42.1. The van der Waals surface area contributed by atoms with E-state index < -0.39 is 5.60 Å². The van der Waals surface area contributed by atoms with Crippen LogP contribution < -0.4 is 22.1 Å². The molecule has 0 amide bonds. The van der Waals surface area contributed by atoms with Gasteiger partial charge in [-0.05, 0) is 162 Å². The molecule has 1 aliphatic heterocycles. The molecule has 0 unspecified atom stereocenters. The Morgan fingerprint density at radius 2 is 1.85 bits per heavy atom. The van der Waals surface area contributed by atoms with Crippen LogP contribution in [0.5, 0.6) is 5.75 Å². The second-order valence-electron chi connectivity index (χ2n) is 18.9. The zero-order valence-electron chi connectivity index (χ0n) is 32.7. The number of aliphatic imine (C=N–C) groups is 2. The van der Waals surface area contributed by atoms with Gasteiger partial charge in [-0.15, -0.1) is 0 Å². The monoisotopic (exact) mass is 733 g/mol. The van der Waals surface area contributed by atoms with Gasteiger partial charge in [0.2, 0.25) is 0 Å². The van der Waals surface area contributed by atoms with Crippen LogP contribution in [-0.2, 0) is 11.2 Å². The molecular weight excluding hydrogens is 665 g/mol. The van der Waals surface area contributed by atoms with Crippen molar-refractivity contribution in [3.63, 3.8) is 0 Å². The number of nitrogens with one attached hydrogen (secondary N) is 2. The predicted octanol–water partition coefficient (Wildman–Crippen LogP) is 5.89. The lowest BCUT2D eigenvalue weighted by Gasteiger charge is -2.58. The molecule has 294 valence electrons. The highest BCUT2D eigenvalue weighted by Gasteiger charge is 2.67. The number of fused-ring (bicyclic) bond motifs is 3. The molecule has 6 aliphatic rings. The van der Waals surface area contributed by atoms with E-state index in [1.54, 1.807) is 19.2 Å². The Bertz CT molecular complexity index is 1550. The maximum atomic E-state index is 11.3. The molecule has 5 aliphatic carbocycles. The number of phenolic OH excluding ortho intramolecular Hbond substituents is 1. The van der Waals surface area contributed by atoms with E-state index in [0.717, 1.165) is 63.4 Å². The van der Waals surface area contributed by atoms with Crippen LogP contribution in [0.3, 0.4) is 0 Å². The summed E-state index contributed by atoms with van der Waals surface area (Å²) in [5.41, 5.74) is 14.8. The highest BCUT2D eigenvalue weighted by Crippen LogP contribution is 2.69. The van der Waals surface area contributed by atoms with E-state index in [2.05, 4.69) is 34.5 Å². The molecule has 1 heterocycles. The molecule has 12 atom stereocenters. The number of phenols is 1. The predicted molar refractivity (Wildman–Crippen MR) is 211 cm³/mol. The Labute approximate surface area is 317 Å². The molecule has 5 saturated carbocycles. The first-order valence-electron chi connectivity index (χ1n) is 20.8. The SMILES string of the molecule is C=C1C[C@@]2(CC[C@@H](CC[C@@]3(O)CCC[C@H](O)C3)C2)[C@@H]2O[C@]2(C)CC[C@@H]2[C@@H]1C[C@]2(C)[C@@H]1CC[C@H]([C@H](NC(N)=NC)NC(N)=NCCc2cccc(O)c2)C1. The van der Waals surface area contributed by atoms with Gasteiger partial charge in [0.15, 0.2) is 11.9 Å². The summed E-state index contributed by atoms with van der Waals surface area (Å²) in [6.07, 6.45) is 17.0. The number of aliphatic hydroxyl groups excluding tert-OH is 1. The lowest BCUT2D eigenvalue weighted by atomic mass is 9.46. The third kappa shape index (κ3) is 8.11. The number of ether oxygens (including phenoxy) is 1. The van der Waals surface area contributed by atoms with Gasteiger partial charge in [0.05, 0.1) is 23.4 Å². The summed E-state index contributed by atoms with van der Waals surface area (Å²) in [5, 5.41) is 38.1. The van der Waals surface area contributed by atoms with Gasteiger partial charge in [-0.25, -0.2) is 0 Å². The standard InChI is InChI=1S/C43H68N6O4/c1-27-23-42(18-12-29(24-42)13-19-43(52)16-6-9-33(51)25-43)37-41(3,53-37)17-14-35-34(27)26-40(35,2)31-11-10-30(22-31)36(48-38(44)46-4)49-39(45)47-20-15-28-7-5-8-32(50)21-28/h5,7-8,21,29-31,33-37,50-52H,1,6,9-20,22-26H2,2-4H3,(H3,44,46,48)(H3,45,47,49)/t29-,30-,31+,33-,34+,35+,36+,37+,40+,41+,42+,43-/m0/s1. The lowest BCUT2D eigenvalue weighted by Crippen LogP contribution is -2.56. The summed E-state index contributed by atoms with van der Waals surface area (Å²) in [6, 6.07) is 7.26. The Hall–Kier alpha value is -2.82. The van der Waals surface area contributed by atoms with Crippen molar-refractivity contribution >= 4 is 11.9 Å². The summed E-state index contributed by atoms with van der Waals surface area (Å²) in [5.74, 6) is 3.77. The first-order valence-corrected chi connectivity index (χ1v) is 20.8. The minimum absolute atomic E-state index is 0.0435. The number of hydrogen-bond acceptors (Lipinski definition) is 6.